The molecule has 1 fully saturated rings. The van der Waals surface area contributed by atoms with Gasteiger partial charge >= 0.3 is 6.09 Å². The van der Waals surface area contributed by atoms with Crippen LogP contribution in [0.1, 0.15) is 17.5 Å². The maximum atomic E-state index is 12.3. The fourth-order valence-corrected chi connectivity index (χ4v) is 4.11. The van der Waals surface area contributed by atoms with Gasteiger partial charge in [-0.05, 0) is 55.7 Å². The van der Waals surface area contributed by atoms with Crippen LogP contribution in [0.25, 0.3) is 10.9 Å². The molecule has 4 rings (SSSR count). The molecule has 1 N–H and O–H groups in total. The second-order valence-corrected chi connectivity index (χ2v) is 8.64. The molecule has 0 aliphatic carbocycles. The molecular weight excluding hydrogens is 462 g/mol. The Morgan fingerprint density at radius 3 is 2.50 bits per heavy atom. The minimum absolute atomic E-state index is 0.367. The molecule has 0 unspecified atom stereocenters. The molecule has 0 spiro atoms. The maximum absolute atomic E-state index is 12.3. The Morgan fingerprint density at radius 1 is 1.00 bits per heavy atom. The number of anilines is 1. The number of fused-ring (bicyclic) bond motifs is 1. The van der Waals surface area contributed by atoms with E-state index in [4.69, 9.17) is 23.7 Å². The third kappa shape index (κ3) is 6.16. The van der Waals surface area contributed by atoms with Gasteiger partial charge in [0, 0.05) is 43.0 Å². The highest BCUT2D eigenvalue weighted by atomic mass is 16.5. The Labute approximate surface area is 211 Å². The van der Waals surface area contributed by atoms with E-state index >= 15 is 0 Å². The van der Waals surface area contributed by atoms with E-state index in [1.807, 2.05) is 44.2 Å². The van der Waals surface area contributed by atoms with Crippen LogP contribution < -0.4 is 19.5 Å². The summed E-state index contributed by atoms with van der Waals surface area (Å²) in [5, 5.41) is 3.65. The summed E-state index contributed by atoms with van der Waals surface area (Å²) in [6.45, 7) is 8.49. The number of nitrogens with one attached hydrogen (secondary N) is 1. The lowest BCUT2D eigenvalue weighted by Crippen LogP contribution is -2.37. The van der Waals surface area contributed by atoms with Gasteiger partial charge in [-0.25, -0.2) is 4.79 Å². The van der Waals surface area contributed by atoms with Crippen LogP contribution in [0.3, 0.4) is 0 Å². The second-order valence-electron chi connectivity index (χ2n) is 8.64. The molecule has 0 bridgehead atoms. The molecule has 0 saturated carbocycles. The van der Waals surface area contributed by atoms with E-state index in [-0.39, 0.29) is 0 Å². The minimum atomic E-state index is -0.464. The lowest BCUT2D eigenvalue weighted by atomic mass is 10.1. The van der Waals surface area contributed by atoms with Crippen molar-refractivity contribution < 1.29 is 28.5 Å². The van der Waals surface area contributed by atoms with Crippen molar-refractivity contribution in [3.8, 4) is 23.0 Å². The predicted octanol–water partition coefficient (Wildman–Crippen LogP) is 4.93. The van der Waals surface area contributed by atoms with Crippen molar-refractivity contribution in [1.82, 2.24) is 9.88 Å². The molecule has 0 radical (unpaired) electrons. The Hall–Kier alpha value is -3.56. The maximum Gasteiger partial charge on any atom is 0.411 e. The van der Waals surface area contributed by atoms with E-state index in [0.717, 1.165) is 61.3 Å². The number of amides is 1. The van der Waals surface area contributed by atoms with Crippen molar-refractivity contribution in [2.24, 2.45) is 0 Å². The lowest BCUT2D eigenvalue weighted by molar-refractivity contribution is 0.0348. The summed E-state index contributed by atoms with van der Waals surface area (Å²) >= 11 is 0. The first-order valence-corrected chi connectivity index (χ1v) is 12.0. The van der Waals surface area contributed by atoms with Crippen LogP contribution in [-0.4, -0.2) is 69.7 Å². The van der Waals surface area contributed by atoms with Crippen molar-refractivity contribution in [2.75, 3.05) is 59.0 Å². The number of methoxy groups -OCH3 is 2. The van der Waals surface area contributed by atoms with Gasteiger partial charge in [0.05, 0.1) is 39.6 Å². The Morgan fingerprint density at radius 2 is 1.75 bits per heavy atom. The SMILES string of the molecule is COc1cc2nccc(Oc3cc(C)c(NC(=O)OCCCN4CCOCC4)cc3C)c2cc1OC. The topological polar surface area (TPSA) is 91.4 Å². The number of nitrogens with zero attached hydrogens (tertiary/aromatic N) is 2. The summed E-state index contributed by atoms with van der Waals surface area (Å²) in [7, 11) is 3.18. The van der Waals surface area contributed by atoms with Gasteiger partial charge in [0.1, 0.15) is 11.5 Å². The zero-order chi connectivity index (χ0) is 25.5. The van der Waals surface area contributed by atoms with Gasteiger partial charge < -0.3 is 23.7 Å². The molecule has 1 amide bonds. The number of carbonyl (C=O) groups excluding carboxylic acids is 1. The number of morpholine rings is 1. The standard InChI is InChI=1S/C27H33N3O6/c1-18-15-24(36-23-6-7-28-22-17-26(33-4)25(32-3)16-20(22)23)19(2)14-21(18)29-27(31)35-11-5-8-30-9-12-34-13-10-30/h6-7,14-17H,5,8-13H2,1-4H3,(H,29,31). The normalized spacial score (nSPS) is 13.9. The van der Waals surface area contributed by atoms with Crippen molar-refractivity contribution >= 4 is 22.7 Å². The average Bonchev–Trinajstić information content (AvgIpc) is 2.89. The average molecular weight is 496 g/mol. The molecule has 1 saturated heterocycles. The summed E-state index contributed by atoms with van der Waals surface area (Å²) in [5.74, 6) is 2.52. The molecule has 1 aromatic heterocycles. The number of benzene rings is 2. The lowest BCUT2D eigenvalue weighted by Gasteiger charge is -2.26. The number of ether oxygens (including phenoxy) is 5. The van der Waals surface area contributed by atoms with E-state index in [2.05, 4.69) is 15.2 Å². The summed E-state index contributed by atoms with van der Waals surface area (Å²) in [6.07, 6.45) is 2.01. The van der Waals surface area contributed by atoms with E-state index in [1.54, 1.807) is 20.4 Å². The van der Waals surface area contributed by atoms with Crippen LogP contribution in [-0.2, 0) is 9.47 Å². The smallest absolute Gasteiger partial charge is 0.411 e. The Kier molecular flexibility index (Phi) is 8.45. The molecule has 2 aromatic carbocycles. The van der Waals surface area contributed by atoms with Crippen LogP contribution in [0.4, 0.5) is 10.5 Å². The fourth-order valence-electron chi connectivity index (χ4n) is 4.11. The van der Waals surface area contributed by atoms with E-state index in [9.17, 15) is 4.79 Å². The number of hydrogen-bond acceptors (Lipinski definition) is 8. The molecule has 9 heteroatoms. The number of carbonyl (C=O) groups is 1. The van der Waals surface area contributed by atoms with Gasteiger partial charge in [-0.3, -0.25) is 15.2 Å². The largest absolute Gasteiger partial charge is 0.493 e. The van der Waals surface area contributed by atoms with Crippen LogP contribution in [0.2, 0.25) is 0 Å². The van der Waals surface area contributed by atoms with Crippen LogP contribution in [0.15, 0.2) is 36.5 Å². The fraction of sp³-hybridized carbons (Fsp3) is 0.407. The number of pyridine rings is 1. The summed E-state index contributed by atoms with van der Waals surface area (Å²) in [5.41, 5.74) is 3.14. The molecule has 1 aliphatic rings. The summed E-state index contributed by atoms with van der Waals surface area (Å²) < 4.78 is 27.8. The molecule has 0 atom stereocenters. The van der Waals surface area contributed by atoms with Crippen molar-refractivity contribution in [3.63, 3.8) is 0 Å². The third-order valence-corrected chi connectivity index (χ3v) is 6.14. The van der Waals surface area contributed by atoms with Crippen LogP contribution in [0, 0.1) is 13.8 Å². The van der Waals surface area contributed by atoms with E-state index < -0.39 is 6.09 Å². The van der Waals surface area contributed by atoms with Gasteiger partial charge in [0.25, 0.3) is 0 Å². The molecule has 1 aliphatic heterocycles. The van der Waals surface area contributed by atoms with Gasteiger partial charge in [-0.1, -0.05) is 0 Å². The first kappa shape index (κ1) is 25.5. The molecule has 36 heavy (non-hydrogen) atoms. The van der Waals surface area contributed by atoms with Crippen LogP contribution >= 0.6 is 0 Å². The van der Waals surface area contributed by atoms with Gasteiger partial charge in [-0.15, -0.1) is 0 Å². The Balaban J connectivity index is 1.40. The number of aromatic nitrogens is 1. The van der Waals surface area contributed by atoms with Gasteiger partial charge in [0.2, 0.25) is 0 Å². The van der Waals surface area contributed by atoms with E-state index in [1.165, 1.54) is 0 Å². The monoisotopic (exact) mass is 495 g/mol. The van der Waals surface area contributed by atoms with Crippen molar-refractivity contribution in [1.29, 1.82) is 0 Å². The summed E-state index contributed by atoms with van der Waals surface area (Å²) in [6, 6.07) is 9.26. The zero-order valence-electron chi connectivity index (χ0n) is 21.3. The van der Waals surface area contributed by atoms with E-state index in [0.29, 0.717) is 35.3 Å². The highest BCUT2D eigenvalue weighted by molar-refractivity contribution is 5.89. The highest BCUT2D eigenvalue weighted by Crippen LogP contribution is 2.38. The quantitative estimate of drug-likeness (QED) is 0.418. The zero-order valence-corrected chi connectivity index (χ0v) is 21.3. The Bertz CT molecular complexity index is 1210. The minimum Gasteiger partial charge on any atom is -0.493 e. The molecule has 2 heterocycles. The first-order valence-electron chi connectivity index (χ1n) is 12.0. The molecule has 192 valence electrons. The number of hydrogen-bond donors (Lipinski definition) is 1. The first-order chi connectivity index (χ1) is 17.5. The highest BCUT2D eigenvalue weighted by Gasteiger charge is 2.15. The molecular formula is C27H33N3O6. The van der Waals surface area contributed by atoms with Gasteiger partial charge in [0.15, 0.2) is 11.5 Å². The summed E-state index contributed by atoms with van der Waals surface area (Å²) in [4.78, 5) is 19.1. The third-order valence-electron chi connectivity index (χ3n) is 6.14. The van der Waals surface area contributed by atoms with Crippen molar-refractivity contribution in [2.45, 2.75) is 20.3 Å². The number of aryl methyl sites for hydroxylation is 2. The van der Waals surface area contributed by atoms with Crippen LogP contribution in [0.5, 0.6) is 23.0 Å². The second kappa shape index (κ2) is 11.9. The molecule has 9 nitrogen and oxygen atoms in total. The molecule has 3 aromatic rings. The predicted molar refractivity (Wildman–Crippen MR) is 138 cm³/mol. The van der Waals surface area contributed by atoms with Crippen molar-refractivity contribution in [3.05, 3.63) is 47.7 Å². The number of rotatable bonds is 9. The van der Waals surface area contributed by atoms with Gasteiger partial charge in [-0.2, -0.15) is 0 Å².